The van der Waals surface area contributed by atoms with E-state index in [1.165, 1.54) is 6.33 Å². The highest BCUT2D eigenvalue weighted by molar-refractivity contribution is 5.67. The Hall–Kier alpha value is -2.31. The molecule has 1 fully saturated rings. The Kier molecular flexibility index (Phi) is 6.00. The fourth-order valence-electron chi connectivity index (χ4n) is 2.34. The number of likely N-dealkylation sites (tertiary alicyclic amines) is 1. The zero-order valence-corrected chi connectivity index (χ0v) is 12.9. The maximum absolute atomic E-state index is 11.7. The topological polar surface area (TPSA) is 79.4 Å². The normalized spacial score (nSPS) is 15.2. The van der Waals surface area contributed by atoms with E-state index >= 15 is 0 Å². The van der Waals surface area contributed by atoms with Crippen LogP contribution in [0.5, 0.6) is 0 Å². The molecule has 0 aromatic carbocycles. The van der Waals surface area contributed by atoms with Gasteiger partial charge >= 0.3 is 6.09 Å². The van der Waals surface area contributed by atoms with Gasteiger partial charge in [0.15, 0.2) is 0 Å². The molecule has 0 atom stereocenters. The van der Waals surface area contributed by atoms with Gasteiger partial charge in [0.05, 0.1) is 6.61 Å². The summed E-state index contributed by atoms with van der Waals surface area (Å²) >= 11 is 0. The molecule has 0 aliphatic carbocycles. The number of ether oxygens (including phenoxy) is 1. The lowest BCUT2D eigenvalue weighted by molar-refractivity contribution is 0.0983. The number of hydrogen-bond acceptors (Lipinski definition) is 6. The molecule has 0 bridgehead atoms. The second-order valence-corrected chi connectivity index (χ2v) is 5.06. The Morgan fingerprint density at radius 3 is 2.86 bits per heavy atom. The van der Waals surface area contributed by atoms with Crippen LogP contribution in [0.1, 0.15) is 19.8 Å². The van der Waals surface area contributed by atoms with Crippen molar-refractivity contribution in [1.29, 1.82) is 0 Å². The van der Waals surface area contributed by atoms with Gasteiger partial charge in [-0.05, 0) is 19.8 Å². The summed E-state index contributed by atoms with van der Waals surface area (Å²) < 4.78 is 5.02. The van der Waals surface area contributed by atoms with Gasteiger partial charge in [0.25, 0.3) is 0 Å². The van der Waals surface area contributed by atoms with Crippen LogP contribution >= 0.6 is 0 Å². The molecule has 1 amide bonds. The van der Waals surface area contributed by atoms with Crippen LogP contribution < -0.4 is 10.6 Å². The number of aromatic nitrogens is 2. The average Bonchev–Trinajstić information content (AvgIpc) is 2.54. The van der Waals surface area contributed by atoms with Gasteiger partial charge in [0.2, 0.25) is 0 Å². The number of anilines is 2. The van der Waals surface area contributed by atoms with E-state index in [4.69, 9.17) is 4.74 Å². The van der Waals surface area contributed by atoms with E-state index in [2.05, 4.69) is 27.2 Å². The molecule has 0 saturated carbocycles. The van der Waals surface area contributed by atoms with Crippen LogP contribution in [0.25, 0.3) is 0 Å². The third kappa shape index (κ3) is 4.61. The number of piperidine rings is 1. The number of carbonyl (C=O) groups is 1. The van der Waals surface area contributed by atoms with Crippen molar-refractivity contribution < 1.29 is 9.53 Å². The Balaban J connectivity index is 1.83. The minimum atomic E-state index is -0.223. The molecule has 7 heteroatoms. The summed E-state index contributed by atoms with van der Waals surface area (Å²) in [5.41, 5.74) is 0. The Morgan fingerprint density at radius 1 is 1.45 bits per heavy atom. The van der Waals surface area contributed by atoms with Gasteiger partial charge in [-0.25, -0.2) is 14.8 Å². The fourth-order valence-corrected chi connectivity index (χ4v) is 2.34. The van der Waals surface area contributed by atoms with Crippen molar-refractivity contribution in [2.75, 3.05) is 36.9 Å². The first kappa shape index (κ1) is 16.1. The quantitative estimate of drug-likeness (QED) is 0.784. The van der Waals surface area contributed by atoms with Gasteiger partial charge < -0.3 is 20.3 Å². The minimum absolute atomic E-state index is 0.223. The average molecular weight is 305 g/mol. The van der Waals surface area contributed by atoms with Crippen LogP contribution in [0.4, 0.5) is 16.4 Å². The van der Waals surface area contributed by atoms with Gasteiger partial charge in [-0.3, -0.25) is 0 Å². The molecule has 22 heavy (non-hydrogen) atoms. The number of nitrogens with zero attached hydrogens (tertiary/aromatic N) is 3. The molecule has 2 heterocycles. The molecule has 1 saturated heterocycles. The van der Waals surface area contributed by atoms with Crippen LogP contribution in [0.3, 0.4) is 0 Å². The lowest BCUT2D eigenvalue weighted by Crippen LogP contribution is -2.42. The van der Waals surface area contributed by atoms with E-state index in [1.54, 1.807) is 11.0 Å². The molecule has 2 N–H and O–H groups in total. The molecule has 1 aromatic heterocycles. The van der Waals surface area contributed by atoms with E-state index < -0.39 is 0 Å². The van der Waals surface area contributed by atoms with E-state index in [0.717, 1.165) is 24.5 Å². The monoisotopic (exact) mass is 305 g/mol. The zero-order chi connectivity index (χ0) is 15.8. The van der Waals surface area contributed by atoms with Crippen LogP contribution in [0, 0.1) is 0 Å². The second-order valence-electron chi connectivity index (χ2n) is 5.06. The summed E-state index contributed by atoms with van der Waals surface area (Å²) in [4.78, 5) is 21.8. The molecule has 2 rings (SSSR count). The Morgan fingerprint density at radius 2 is 2.18 bits per heavy atom. The second kappa shape index (κ2) is 8.21. The Bertz CT molecular complexity index is 500. The molecule has 1 aliphatic rings. The van der Waals surface area contributed by atoms with Crippen LogP contribution in [0.2, 0.25) is 0 Å². The maximum Gasteiger partial charge on any atom is 0.409 e. The van der Waals surface area contributed by atoms with Crippen LogP contribution in [-0.4, -0.2) is 53.2 Å². The predicted octanol–water partition coefficient (Wildman–Crippen LogP) is 2.11. The van der Waals surface area contributed by atoms with Gasteiger partial charge in [-0.15, -0.1) is 6.58 Å². The largest absolute Gasteiger partial charge is 0.450 e. The van der Waals surface area contributed by atoms with E-state index in [-0.39, 0.29) is 6.09 Å². The molecule has 0 unspecified atom stereocenters. The summed E-state index contributed by atoms with van der Waals surface area (Å²) in [6.07, 6.45) is 4.83. The van der Waals surface area contributed by atoms with Crippen molar-refractivity contribution in [3.8, 4) is 0 Å². The summed E-state index contributed by atoms with van der Waals surface area (Å²) in [5.74, 6) is 1.55. The molecule has 0 spiro atoms. The summed E-state index contributed by atoms with van der Waals surface area (Å²) in [6.45, 7) is 7.95. The van der Waals surface area contributed by atoms with Crippen molar-refractivity contribution in [2.45, 2.75) is 25.8 Å². The van der Waals surface area contributed by atoms with Gasteiger partial charge in [0, 0.05) is 31.7 Å². The molecule has 0 radical (unpaired) electrons. The van der Waals surface area contributed by atoms with Crippen molar-refractivity contribution in [3.05, 3.63) is 25.0 Å². The summed E-state index contributed by atoms with van der Waals surface area (Å²) in [5, 5.41) is 6.52. The summed E-state index contributed by atoms with van der Waals surface area (Å²) in [6, 6.07) is 2.18. The molecule has 1 aromatic rings. The summed E-state index contributed by atoms with van der Waals surface area (Å²) in [7, 11) is 0. The molecule has 7 nitrogen and oxygen atoms in total. The first-order valence-corrected chi connectivity index (χ1v) is 7.58. The lowest BCUT2D eigenvalue weighted by Gasteiger charge is -2.31. The first-order valence-electron chi connectivity index (χ1n) is 7.58. The van der Waals surface area contributed by atoms with Crippen LogP contribution in [0.15, 0.2) is 25.0 Å². The number of amides is 1. The maximum atomic E-state index is 11.7. The molecular weight excluding hydrogens is 282 g/mol. The third-order valence-corrected chi connectivity index (χ3v) is 3.47. The number of rotatable bonds is 6. The predicted molar refractivity (Wildman–Crippen MR) is 86.0 cm³/mol. The highest BCUT2D eigenvalue weighted by Crippen LogP contribution is 2.17. The van der Waals surface area contributed by atoms with E-state index in [0.29, 0.717) is 32.3 Å². The minimum Gasteiger partial charge on any atom is -0.450 e. The van der Waals surface area contributed by atoms with Crippen molar-refractivity contribution in [3.63, 3.8) is 0 Å². The van der Waals surface area contributed by atoms with Crippen LogP contribution in [-0.2, 0) is 4.74 Å². The van der Waals surface area contributed by atoms with Crippen molar-refractivity contribution in [2.24, 2.45) is 0 Å². The highest BCUT2D eigenvalue weighted by Gasteiger charge is 2.23. The number of hydrogen-bond donors (Lipinski definition) is 2. The zero-order valence-electron chi connectivity index (χ0n) is 12.9. The standard InChI is InChI=1S/C15H23N5O2/c1-3-7-16-13-10-14(18-11-17-13)19-12-5-8-20(9-6-12)15(21)22-4-2/h3,10-12H,1,4-9H2,2H3,(H2,16,17,18,19). The fraction of sp³-hybridized carbons (Fsp3) is 0.533. The third-order valence-electron chi connectivity index (χ3n) is 3.47. The van der Waals surface area contributed by atoms with E-state index in [9.17, 15) is 4.79 Å². The van der Waals surface area contributed by atoms with Gasteiger partial charge in [0.1, 0.15) is 18.0 Å². The molecule has 1 aliphatic heterocycles. The smallest absolute Gasteiger partial charge is 0.409 e. The van der Waals surface area contributed by atoms with E-state index in [1.807, 2.05) is 13.0 Å². The molecule has 120 valence electrons. The van der Waals surface area contributed by atoms with Gasteiger partial charge in [-0.2, -0.15) is 0 Å². The van der Waals surface area contributed by atoms with Crippen molar-refractivity contribution in [1.82, 2.24) is 14.9 Å². The van der Waals surface area contributed by atoms with Crippen molar-refractivity contribution >= 4 is 17.7 Å². The SMILES string of the molecule is C=CCNc1cc(NC2CCN(C(=O)OCC)CC2)ncn1. The number of carbonyl (C=O) groups excluding carboxylic acids is 1. The van der Waals surface area contributed by atoms with Gasteiger partial charge in [-0.1, -0.05) is 6.08 Å². The highest BCUT2D eigenvalue weighted by atomic mass is 16.6. The Labute approximate surface area is 130 Å². The lowest BCUT2D eigenvalue weighted by atomic mass is 10.1. The number of nitrogens with one attached hydrogen (secondary N) is 2. The molecular formula is C15H23N5O2. The first-order chi connectivity index (χ1) is 10.7.